The molecule has 2 rings (SSSR count). The Hall–Kier alpha value is -3.23. The molecule has 9 heteroatoms. The Kier molecular flexibility index (Phi) is 7.31. The summed E-state index contributed by atoms with van der Waals surface area (Å²) in [5.41, 5.74) is 4.74. The van der Waals surface area contributed by atoms with Crippen LogP contribution in [0.25, 0.3) is 6.08 Å². The molecule has 0 aliphatic carbocycles. The second-order valence-corrected chi connectivity index (χ2v) is 7.34. The van der Waals surface area contributed by atoms with E-state index in [0.717, 1.165) is 6.08 Å². The molecule has 0 saturated heterocycles. The summed E-state index contributed by atoms with van der Waals surface area (Å²) in [4.78, 5) is 34.2. The maximum atomic E-state index is 12.3. The molecule has 0 spiro atoms. The van der Waals surface area contributed by atoms with Crippen LogP contribution in [0.2, 0.25) is 5.02 Å². The van der Waals surface area contributed by atoms with Crippen LogP contribution in [0.4, 0.5) is 5.69 Å². The molecule has 0 unspecified atom stereocenters. The molecule has 2 aromatic carbocycles. The predicted molar refractivity (Wildman–Crippen MR) is 112 cm³/mol. The molecular formula is C21H21ClN2O6. The third-order valence-corrected chi connectivity index (χ3v) is 4.89. The third kappa shape index (κ3) is 5.22. The molecule has 8 nitrogen and oxygen atoms in total. The van der Waals surface area contributed by atoms with Gasteiger partial charge in [0.25, 0.3) is 5.69 Å². The first-order chi connectivity index (χ1) is 14.1. The summed E-state index contributed by atoms with van der Waals surface area (Å²) < 4.78 is 5.65. The summed E-state index contributed by atoms with van der Waals surface area (Å²) >= 11 is 5.80. The summed E-state index contributed by atoms with van der Waals surface area (Å²) in [6.45, 7) is 3.20. The van der Waals surface area contributed by atoms with E-state index in [4.69, 9.17) is 22.1 Å². The molecule has 3 N–H and O–H groups in total. The van der Waals surface area contributed by atoms with E-state index >= 15 is 0 Å². The van der Waals surface area contributed by atoms with Gasteiger partial charge in [0.2, 0.25) is 0 Å². The van der Waals surface area contributed by atoms with Crippen LogP contribution in [0, 0.1) is 16.0 Å². The van der Waals surface area contributed by atoms with Crippen molar-refractivity contribution in [1.82, 2.24) is 0 Å². The van der Waals surface area contributed by atoms with E-state index in [9.17, 15) is 24.8 Å². The molecule has 0 saturated carbocycles. The van der Waals surface area contributed by atoms with Gasteiger partial charge in [0.1, 0.15) is 17.4 Å². The highest BCUT2D eigenvalue weighted by Crippen LogP contribution is 2.26. The van der Waals surface area contributed by atoms with E-state index in [0.29, 0.717) is 16.9 Å². The van der Waals surface area contributed by atoms with Crippen molar-refractivity contribution in [1.29, 1.82) is 0 Å². The number of nitro groups is 1. The average molecular weight is 433 g/mol. The fraction of sp³-hybridized carbons (Fsp3) is 0.238. The molecular weight excluding hydrogens is 412 g/mol. The van der Waals surface area contributed by atoms with Crippen LogP contribution in [-0.4, -0.2) is 27.3 Å². The Bertz CT molecular complexity index is 1000. The number of halogens is 1. The van der Waals surface area contributed by atoms with Crippen LogP contribution >= 0.6 is 11.6 Å². The first-order valence-electron chi connectivity index (χ1n) is 8.96. The lowest BCUT2D eigenvalue weighted by molar-refractivity contribution is -0.384. The lowest BCUT2D eigenvalue weighted by Gasteiger charge is -2.25. The molecule has 0 aliphatic heterocycles. The standard InChI is InChI=1S/C21H21ClN2O6/c1-13(2)21(23,20(26)27)19(25)9-7-14-4-3-5-16(10-14)30-12-15-6-8-17(22)18(11-15)24(28)29/h3-11,13H,12,23H2,1-2H3,(H,26,27)/b9-7+/t21-/m0/s1. The Balaban J connectivity index is 2.12. The molecule has 0 aromatic heterocycles. The van der Waals surface area contributed by atoms with Gasteiger partial charge in [-0.3, -0.25) is 14.9 Å². The van der Waals surface area contributed by atoms with E-state index in [1.165, 1.54) is 18.2 Å². The Labute approximate surface area is 178 Å². The molecule has 0 fully saturated rings. The number of carbonyl (C=O) groups is 2. The maximum Gasteiger partial charge on any atom is 0.332 e. The normalized spacial score (nSPS) is 13.2. The zero-order valence-corrected chi connectivity index (χ0v) is 17.1. The minimum atomic E-state index is -2.01. The average Bonchev–Trinajstić information content (AvgIpc) is 2.70. The third-order valence-electron chi connectivity index (χ3n) is 4.57. The highest BCUT2D eigenvalue weighted by atomic mass is 35.5. The van der Waals surface area contributed by atoms with Crippen LogP contribution in [0.5, 0.6) is 5.75 Å². The maximum absolute atomic E-state index is 12.3. The number of nitrogens with zero attached hydrogens (tertiary/aromatic N) is 1. The molecule has 158 valence electrons. The molecule has 30 heavy (non-hydrogen) atoms. The number of rotatable bonds is 9. The SMILES string of the molecule is CC(C)[C@@](N)(C(=O)O)C(=O)/C=C/c1cccc(OCc2ccc(Cl)c([N+](=O)[O-])c2)c1. The summed E-state index contributed by atoms with van der Waals surface area (Å²) in [5, 5.41) is 20.3. The van der Waals surface area contributed by atoms with Gasteiger partial charge in [-0.15, -0.1) is 0 Å². The van der Waals surface area contributed by atoms with Gasteiger partial charge in [-0.05, 0) is 41.3 Å². The second kappa shape index (κ2) is 9.51. The summed E-state index contributed by atoms with van der Waals surface area (Å²) in [5.74, 6) is -2.24. The number of carbonyl (C=O) groups excluding carboxylic acids is 1. The number of nitro benzene ring substituents is 1. The topological polar surface area (TPSA) is 133 Å². The van der Waals surface area contributed by atoms with Crippen LogP contribution in [-0.2, 0) is 16.2 Å². The number of nitrogens with two attached hydrogens (primary N) is 1. The van der Waals surface area contributed by atoms with Gasteiger partial charge in [0.15, 0.2) is 11.3 Å². The van der Waals surface area contributed by atoms with Gasteiger partial charge < -0.3 is 15.6 Å². The Morgan fingerprint density at radius 1 is 1.30 bits per heavy atom. The van der Waals surface area contributed by atoms with Gasteiger partial charge in [-0.25, -0.2) is 4.79 Å². The predicted octanol–water partition coefficient (Wildman–Crippen LogP) is 3.85. The van der Waals surface area contributed by atoms with Crippen molar-refractivity contribution < 1.29 is 24.4 Å². The van der Waals surface area contributed by atoms with Gasteiger partial charge in [-0.1, -0.05) is 49.7 Å². The quantitative estimate of drug-likeness (QED) is 0.266. The van der Waals surface area contributed by atoms with Gasteiger partial charge >= 0.3 is 5.97 Å². The molecule has 2 aromatic rings. The van der Waals surface area contributed by atoms with Gasteiger partial charge in [-0.2, -0.15) is 0 Å². The Morgan fingerprint density at radius 3 is 2.60 bits per heavy atom. The van der Waals surface area contributed by atoms with Gasteiger partial charge in [0.05, 0.1) is 4.92 Å². The van der Waals surface area contributed by atoms with Crippen molar-refractivity contribution in [3.05, 3.63) is 74.8 Å². The van der Waals surface area contributed by atoms with Crippen LogP contribution < -0.4 is 10.5 Å². The largest absolute Gasteiger partial charge is 0.489 e. The van der Waals surface area contributed by atoms with Crippen LogP contribution in [0.3, 0.4) is 0 Å². The fourth-order valence-corrected chi connectivity index (χ4v) is 2.80. The molecule has 0 heterocycles. The first kappa shape index (κ1) is 23.1. The fourth-order valence-electron chi connectivity index (χ4n) is 2.61. The van der Waals surface area contributed by atoms with E-state index in [1.54, 1.807) is 44.2 Å². The zero-order chi connectivity index (χ0) is 22.5. The van der Waals surface area contributed by atoms with E-state index in [-0.39, 0.29) is 17.3 Å². The van der Waals surface area contributed by atoms with Crippen LogP contribution in [0.15, 0.2) is 48.5 Å². The number of carboxylic acids is 1. The van der Waals surface area contributed by atoms with Crippen molar-refractivity contribution in [3.8, 4) is 5.75 Å². The minimum Gasteiger partial charge on any atom is -0.489 e. The van der Waals surface area contributed by atoms with E-state index in [1.807, 2.05) is 0 Å². The molecule has 1 atom stereocenters. The molecule has 0 amide bonds. The van der Waals surface area contributed by atoms with Crippen molar-refractivity contribution >= 4 is 35.1 Å². The lowest BCUT2D eigenvalue weighted by atomic mass is 9.83. The lowest BCUT2D eigenvalue weighted by Crippen LogP contribution is -2.58. The van der Waals surface area contributed by atoms with Crippen molar-refractivity contribution in [2.75, 3.05) is 0 Å². The summed E-state index contributed by atoms with van der Waals surface area (Å²) in [7, 11) is 0. The highest BCUT2D eigenvalue weighted by Gasteiger charge is 2.43. The van der Waals surface area contributed by atoms with Crippen LogP contribution in [0.1, 0.15) is 25.0 Å². The summed E-state index contributed by atoms with van der Waals surface area (Å²) in [6.07, 6.45) is 2.59. The second-order valence-electron chi connectivity index (χ2n) is 6.93. The van der Waals surface area contributed by atoms with E-state index in [2.05, 4.69) is 0 Å². The smallest absolute Gasteiger partial charge is 0.332 e. The van der Waals surface area contributed by atoms with Crippen molar-refractivity contribution in [2.45, 2.75) is 26.0 Å². The monoisotopic (exact) mass is 432 g/mol. The number of hydrogen-bond donors (Lipinski definition) is 2. The highest BCUT2D eigenvalue weighted by molar-refractivity contribution is 6.32. The number of aliphatic carboxylic acids is 1. The number of benzene rings is 2. The number of ether oxygens (including phenoxy) is 1. The number of ketones is 1. The zero-order valence-electron chi connectivity index (χ0n) is 16.4. The number of carboxylic acid groups (broad SMARTS) is 1. The molecule has 0 bridgehead atoms. The minimum absolute atomic E-state index is 0.0410. The molecule has 0 aliphatic rings. The van der Waals surface area contributed by atoms with Gasteiger partial charge in [0, 0.05) is 6.07 Å². The molecule has 0 radical (unpaired) electrons. The summed E-state index contributed by atoms with van der Waals surface area (Å²) in [6, 6.07) is 11.1. The van der Waals surface area contributed by atoms with E-state index < -0.39 is 28.1 Å². The first-order valence-corrected chi connectivity index (χ1v) is 9.34. The van der Waals surface area contributed by atoms with Crippen molar-refractivity contribution in [2.24, 2.45) is 11.7 Å². The Morgan fingerprint density at radius 2 is 2.00 bits per heavy atom. The van der Waals surface area contributed by atoms with Crippen molar-refractivity contribution in [3.63, 3.8) is 0 Å². The number of hydrogen-bond acceptors (Lipinski definition) is 6.